The largest absolute Gasteiger partial charge is 0.391 e. The lowest BCUT2D eigenvalue weighted by molar-refractivity contribution is 0.173. The Morgan fingerprint density at radius 1 is 1.58 bits per heavy atom. The van der Waals surface area contributed by atoms with Crippen molar-refractivity contribution >= 4 is 6.03 Å². The number of urea groups is 1. The smallest absolute Gasteiger partial charge is 0.317 e. The van der Waals surface area contributed by atoms with E-state index in [-0.39, 0.29) is 12.1 Å². The van der Waals surface area contributed by atoms with Gasteiger partial charge in [-0.05, 0) is 6.42 Å². The molecule has 1 fully saturated rings. The zero-order valence-electron chi connectivity index (χ0n) is 8.00. The number of hydrogen-bond donors (Lipinski definition) is 2. The third-order valence-electron chi connectivity index (χ3n) is 1.66. The predicted molar refractivity (Wildman–Crippen MR) is 48.0 cm³/mol. The van der Waals surface area contributed by atoms with Crippen LogP contribution < -0.4 is 5.32 Å². The molecule has 0 bridgehead atoms. The van der Waals surface area contributed by atoms with Gasteiger partial charge in [0.05, 0.1) is 6.10 Å². The summed E-state index contributed by atoms with van der Waals surface area (Å²) in [5, 5.41) is 11.5. The number of β-amino-alcohol motifs (C(OH)–C–C–N with tert-alkyl or cyclic N) is 1. The molecule has 0 aromatic heterocycles. The quantitative estimate of drug-likeness (QED) is 0.559. The molecule has 0 aliphatic carbocycles. The number of aliphatic hydroxyl groups is 1. The molecule has 1 aliphatic heterocycles. The SMILES string of the molecule is CC.CNC(=O)N1CCC(O)C1. The Hall–Kier alpha value is -0.770. The monoisotopic (exact) mass is 174 g/mol. The van der Waals surface area contributed by atoms with E-state index in [4.69, 9.17) is 5.11 Å². The molecule has 4 nitrogen and oxygen atoms in total. The molecular weight excluding hydrogens is 156 g/mol. The highest BCUT2D eigenvalue weighted by molar-refractivity contribution is 5.74. The molecule has 1 aliphatic rings. The van der Waals surface area contributed by atoms with Crippen molar-refractivity contribution in [2.24, 2.45) is 0 Å². The van der Waals surface area contributed by atoms with Gasteiger partial charge in [-0.2, -0.15) is 0 Å². The molecule has 4 heteroatoms. The minimum absolute atomic E-state index is 0.100. The van der Waals surface area contributed by atoms with E-state index in [0.717, 1.165) is 0 Å². The summed E-state index contributed by atoms with van der Waals surface area (Å²) in [6, 6.07) is -0.100. The lowest BCUT2D eigenvalue weighted by Gasteiger charge is -2.13. The van der Waals surface area contributed by atoms with E-state index in [1.165, 1.54) is 0 Å². The third kappa shape index (κ3) is 3.09. The Morgan fingerprint density at radius 3 is 2.50 bits per heavy atom. The van der Waals surface area contributed by atoms with E-state index in [2.05, 4.69) is 5.32 Å². The minimum Gasteiger partial charge on any atom is -0.391 e. The summed E-state index contributed by atoms with van der Waals surface area (Å²) in [5.41, 5.74) is 0. The van der Waals surface area contributed by atoms with Crippen molar-refractivity contribution in [1.29, 1.82) is 0 Å². The van der Waals surface area contributed by atoms with Crippen LogP contribution in [0.3, 0.4) is 0 Å². The zero-order chi connectivity index (χ0) is 9.56. The fourth-order valence-electron chi connectivity index (χ4n) is 1.08. The number of nitrogens with one attached hydrogen (secondary N) is 1. The Labute approximate surface area is 73.6 Å². The molecular formula is C8H18N2O2. The Balaban J connectivity index is 0.000000561. The van der Waals surface area contributed by atoms with Crippen LogP contribution in [0.15, 0.2) is 0 Å². The fourth-order valence-corrected chi connectivity index (χ4v) is 1.08. The molecule has 1 atom stereocenters. The maximum absolute atomic E-state index is 10.9. The molecule has 0 radical (unpaired) electrons. The van der Waals surface area contributed by atoms with E-state index >= 15 is 0 Å². The van der Waals surface area contributed by atoms with E-state index in [1.807, 2.05) is 13.8 Å². The van der Waals surface area contributed by atoms with Crippen LogP contribution in [-0.4, -0.2) is 42.3 Å². The molecule has 0 aromatic rings. The average molecular weight is 174 g/mol. The third-order valence-corrected chi connectivity index (χ3v) is 1.66. The Bertz CT molecular complexity index is 139. The minimum atomic E-state index is -0.322. The predicted octanol–water partition coefficient (Wildman–Crippen LogP) is 0.419. The second-order valence-electron chi connectivity index (χ2n) is 2.44. The summed E-state index contributed by atoms with van der Waals surface area (Å²) in [6.45, 7) is 5.14. The number of carbonyl (C=O) groups is 1. The van der Waals surface area contributed by atoms with E-state index in [9.17, 15) is 4.79 Å². The maximum Gasteiger partial charge on any atom is 0.317 e. The van der Waals surface area contributed by atoms with Crippen molar-refractivity contribution in [3.8, 4) is 0 Å². The summed E-state index contributed by atoms with van der Waals surface area (Å²) in [4.78, 5) is 12.5. The van der Waals surface area contributed by atoms with Gasteiger partial charge >= 0.3 is 6.03 Å². The summed E-state index contributed by atoms with van der Waals surface area (Å²) >= 11 is 0. The number of hydrogen-bond acceptors (Lipinski definition) is 2. The Morgan fingerprint density at radius 2 is 2.17 bits per heavy atom. The molecule has 0 aromatic carbocycles. The van der Waals surface area contributed by atoms with E-state index in [0.29, 0.717) is 19.5 Å². The lowest BCUT2D eigenvalue weighted by atomic mass is 10.3. The normalized spacial score (nSPS) is 21.3. The molecule has 0 spiro atoms. The first-order valence-electron chi connectivity index (χ1n) is 4.38. The first kappa shape index (κ1) is 11.2. The van der Waals surface area contributed by atoms with Crippen molar-refractivity contribution in [2.45, 2.75) is 26.4 Å². The van der Waals surface area contributed by atoms with Gasteiger partial charge in [-0.25, -0.2) is 4.79 Å². The summed E-state index contributed by atoms with van der Waals surface area (Å²) < 4.78 is 0. The second-order valence-corrected chi connectivity index (χ2v) is 2.44. The molecule has 1 unspecified atom stereocenters. The van der Waals surface area contributed by atoms with Crippen molar-refractivity contribution < 1.29 is 9.90 Å². The van der Waals surface area contributed by atoms with E-state index in [1.54, 1.807) is 11.9 Å². The highest BCUT2D eigenvalue weighted by Crippen LogP contribution is 2.07. The van der Waals surface area contributed by atoms with Gasteiger partial charge in [0, 0.05) is 20.1 Å². The van der Waals surface area contributed by atoms with Gasteiger partial charge in [0.2, 0.25) is 0 Å². The van der Waals surface area contributed by atoms with Crippen LogP contribution in [0, 0.1) is 0 Å². The summed E-state index contributed by atoms with van der Waals surface area (Å²) in [7, 11) is 1.59. The molecule has 0 saturated carbocycles. The number of amides is 2. The van der Waals surface area contributed by atoms with Crippen LogP contribution in [0.1, 0.15) is 20.3 Å². The molecule has 1 saturated heterocycles. The topological polar surface area (TPSA) is 52.6 Å². The van der Waals surface area contributed by atoms with Gasteiger partial charge in [0.15, 0.2) is 0 Å². The Kier molecular flexibility index (Phi) is 5.45. The first-order chi connectivity index (χ1) is 5.74. The molecule has 12 heavy (non-hydrogen) atoms. The second kappa shape index (κ2) is 5.83. The zero-order valence-corrected chi connectivity index (χ0v) is 8.00. The van der Waals surface area contributed by atoms with Crippen molar-refractivity contribution in [1.82, 2.24) is 10.2 Å². The average Bonchev–Trinajstić information content (AvgIpc) is 2.54. The van der Waals surface area contributed by atoms with Crippen LogP contribution >= 0.6 is 0 Å². The summed E-state index contributed by atoms with van der Waals surface area (Å²) in [6.07, 6.45) is 0.380. The van der Waals surface area contributed by atoms with Gasteiger partial charge in [-0.3, -0.25) is 0 Å². The maximum atomic E-state index is 10.9. The van der Waals surface area contributed by atoms with Crippen LogP contribution in [0.5, 0.6) is 0 Å². The first-order valence-corrected chi connectivity index (χ1v) is 4.38. The van der Waals surface area contributed by atoms with Crippen molar-refractivity contribution in [3.63, 3.8) is 0 Å². The van der Waals surface area contributed by atoms with Gasteiger partial charge in [-0.1, -0.05) is 13.8 Å². The summed E-state index contributed by atoms with van der Waals surface area (Å²) in [5.74, 6) is 0. The van der Waals surface area contributed by atoms with Gasteiger partial charge in [-0.15, -0.1) is 0 Å². The number of carbonyl (C=O) groups excluding carboxylic acids is 1. The van der Waals surface area contributed by atoms with Crippen LogP contribution in [-0.2, 0) is 0 Å². The highest BCUT2D eigenvalue weighted by Gasteiger charge is 2.23. The number of aliphatic hydroxyl groups excluding tert-OH is 1. The van der Waals surface area contributed by atoms with Gasteiger partial charge < -0.3 is 15.3 Å². The van der Waals surface area contributed by atoms with Crippen molar-refractivity contribution in [3.05, 3.63) is 0 Å². The van der Waals surface area contributed by atoms with E-state index < -0.39 is 0 Å². The van der Waals surface area contributed by atoms with Crippen LogP contribution in [0.2, 0.25) is 0 Å². The molecule has 1 heterocycles. The number of rotatable bonds is 0. The van der Waals surface area contributed by atoms with Crippen molar-refractivity contribution in [2.75, 3.05) is 20.1 Å². The molecule has 1 rings (SSSR count). The van der Waals surface area contributed by atoms with Gasteiger partial charge in [0.25, 0.3) is 0 Å². The lowest BCUT2D eigenvalue weighted by Crippen LogP contribution is -2.36. The molecule has 2 amide bonds. The van der Waals surface area contributed by atoms with Crippen LogP contribution in [0.4, 0.5) is 4.79 Å². The van der Waals surface area contributed by atoms with Gasteiger partial charge in [0.1, 0.15) is 0 Å². The highest BCUT2D eigenvalue weighted by atomic mass is 16.3. The number of likely N-dealkylation sites (tertiary alicyclic amines) is 1. The standard InChI is InChI=1S/C6H12N2O2.C2H6/c1-7-6(10)8-3-2-5(9)4-8;1-2/h5,9H,2-4H2,1H3,(H,7,10);1-2H3. The number of nitrogens with zero attached hydrogens (tertiary/aromatic N) is 1. The molecule has 2 N–H and O–H groups in total. The van der Waals surface area contributed by atoms with Crippen LogP contribution in [0.25, 0.3) is 0 Å². The molecule has 72 valence electrons. The fraction of sp³-hybridized carbons (Fsp3) is 0.875.